The average Bonchev–Trinajstić information content (AvgIpc) is 2.15. The van der Waals surface area contributed by atoms with E-state index in [9.17, 15) is 4.79 Å². The van der Waals surface area contributed by atoms with Crippen molar-refractivity contribution in [3.63, 3.8) is 0 Å². The fourth-order valence-electron chi connectivity index (χ4n) is 0.989. The zero-order valence-electron chi connectivity index (χ0n) is 7.34. The standard InChI is InChI=1S/C8H11N3O2/c1-2-11(5-8(12)13)7-3-4-9-6-10-7/h3-4,6H,2,5H2,1H3,(H,12,13). The van der Waals surface area contributed by atoms with Gasteiger partial charge in [0.2, 0.25) is 0 Å². The van der Waals surface area contributed by atoms with E-state index in [0.29, 0.717) is 12.4 Å². The Morgan fingerprint density at radius 3 is 2.92 bits per heavy atom. The van der Waals surface area contributed by atoms with Gasteiger partial charge in [-0.3, -0.25) is 4.79 Å². The van der Waals surface area contributed by atoms with Crippen LogP contribution in [0.1, 0.15) is 6.92 Å². The molecular weight excluding hydrogens is 170 g/mol. The quantitative estimate of drug-likeness (QED) is 0.727. The molecule has 70 valence electrons. The van der Waals surface area contributed by atoms with Crippen LogP contribution in [0.4, 0.5) is 5.82 Å². The molecule has 0 atom stereocenters. The first-order valence-electron chi connectivity index (χ1n) is 3.96. The van der Waals surface area contributed by atoms with E-state index < -0.39 is 5.97 Å². The number of aliphatic carboxylic acids is 1. The van der Waals surface area contributed by atoms with Crippen LogP contribution in [-0.4, -0.2) is 34.1 Å². The van der Waals surface area contributed by atoms with Gasteiger partial charge in [-0.2, -0.15) is 0 Å². The Morgan fingerprint density at radius 1 is 1.69 bits per heavy atom. The van der Waals surface area contributed by atoms with Gasteiger partial charge in [0, 0.05) is 12.7 Å². The number of hydrogen-bond donors (Lipinski definition) is 1. The Hall–Kier alpha value is -1.65. The van der Waals surface area contributed by atoms with Crippen LogP contribution in [0.15, 0.2) is 18.6 Å². The molecule has 1 aromatic rings. The van der Waals surface area contributed by atoms with Gasteiger partial charge >= 0.3 is 5.97 Å². The summed E-state index contributed by atoms with van der Waals surface area (Å²) in [6.07, 6.45) is 2.99. The van der Waals surface area contributed by atoms with Crippen LogP contribution in [0.3, 0.4) is 0 Å². The molecule has 5 heteroatoms. The second-order valence-corrected chi connectivity index (χ2v) is 2.48. The maximum absolute atomic E-state index is 10.5. The Kier molecular flexibility index (Phi) is 3.19. The third kappa shape index (κ3) is 2.70. The smallest absolute Gasteiger partial charge is 0.323 e. The largest absolute Gasteiger partial charge is 0.480 e. The van der Waals surface area contributed by atoms with Gasteiger partial charge in [0.25, 0.3) is 0 Å². The van der Waals surface area contributed by atoms with Crippen molar-refractivity contribution in [2.75, 3.05) is 18.0 Å². The number of rotatable bonds is 4. The predicted molar refractivity (Wildman–Crippen MR) is 47.6 cm³/mol. The zero-order chi connectivity index (χ0) is 9.68. The molecule has 1 rings (SSSR count). The van der Waals surface area contributed by atoms with E-state index in [2.05, 4.69) is 9.97 Å². The van der Waals surface area contributed by atoms with Gasteiger partial charge in [-0.1, -0.05) is 0 Å². The molecule has 13 heavy (non-hydrogen) atoms. The summed E-state index contributed by atoms with van der Waals surface area (Å²) >= 11 is 0. The zero-order valence-corrected chi connectivity index (χ0v) is 7.34. The molecule has 0 aliphatic carbocycles. The molecule has 0 radical (unpaired) electrons. The number of carbonyl (C=O) groups is 1. The Morgan fingerprint density at radius 2 is 2.46 bits per heavy atom. The highest BCUT2D eigenvalue weighted by molar-refractivity contribution is 5.73. The van der Waals surface area contributed by atoms with Crippen LogP contribution in [0.5, 0.6) is 0 Å². The Bertz CT molecular complexity index is 276. The lowest BCUT2D eigenvalue weighted by Gasteiger charge is -2.18. The molecule has 5 nitrogen and oxygen atoms in total. The summed E-state index contributed by atoms with van der Waals surface area (Å²) in [6, 6.07) is 1.69. The molecular formula is C8H11N3O2. The van der Waals surface area contributed by atoms with Crippen LogP contribution < -0.4 is 4.90 Å². The molecule has 0 saturated heterocycles. The van der Waals surface area contributed by atoms with E-state index in [1.54, 1.807) is 17.2 Å². The minimum absolute atomic E-state index is 0.0342. The molecule has 0 aliphatic rings. The number of hydrogen-bond acceptors (Lipinski definition) is 4. The van der Waals surface area contributed by atoms with Gasteiger partial charge in [0.15, 0.2) is 0 Å². The first-order valence-corrected chi connectivity index (χ1v) is 3.96. The molecule has 0 saturated carbocycles. The topological polar surface area (TPSA) is 66.3 Å². The second-order valence-electron chi connectivity index (χ2n) is 2.48. The molecule has 0 aliphatic heterocycles. The minimum atomic E-state index is -0.861. The lowest BCUT2D eigenvalue weighted by molar-refractivity contribution is -0.135. The minimum Gasteiger partial charge on any atom is -0.480 e. The highest BCUT2D eigenvalue weighted by atomic mass is 16.4. The summed E-state index contributed by atoms with van der Waals surface area (Å²) in [4.78, 5) is 19.8. The SMILES string of the molecule is CCN(CC(=O)O)c1ccncn1. The lowest BCUT2D eigenvalue weighted by atomic mass is 10.4. The van der Waals surface area contributed by atoms with Crippen molar-refractivity contribution in [2.24, 2.45) is 0 Å². The van der Waals surface area contributed by atoms with Crippen molar-refractivity contribution in [3.05, 3.63) is 18.6 Å². The summed E-state index contributed by atoms with van der Waals surface area (Å²) in [5.74, 6) is -0.222. The predicted octanol–water partition coefficient (Wildman–Crippen LogP) is 0.387. The lowest BCUT2D eigenvalue weighted by Crippen LogP contribution is -2.29. The van der Waals surface area contributed by atoms with Gasteiger partial charge in [0.05, 0.1) is 0 Å². The molecule has 0 fully saturated rings. The van der Waals surface area contributed by atoms with Gasteiger partial charge in [0.1, 0.15) is 18.7 Å². The maximum Gasteiger partial charge on any atom is 0.323 e. The third-order valence-electron chi connectivity index (χ3n) is 1.60. The normalized spacial score (nSPS) is 9.62. The number of likely N-dealkylation sites (N-methyl/N-ethyl adjacent to an activating group) is 1. The van der Waals surface area contributed by atoms with Crippen LogP contribution in [-0.2, 0) is 4.79 Å². The monoisotopic (exact) mass is 181 g/mol. The number of carboxylic acids is 1. The molecule has 0 spiro atoms. The number of carboxylic acid groups (broad SMARTS) is 1. The number of aromatic nitrogens is 2. The molecule has 1 heterocycles. The second kappa shape index (κ2) is 4.39. The van der Waals surface area contributed by atoms with Crippen molar-refractivity contribution in [3.8, 4) is 0 Å². The van der Waals surface area contributed by atoms with Gasteiger partial charge in [-0.15, -0.1) is 0 Å². The van der Waals surface area contributed by atoms with Gasteiger partial charge in [-0.05, 0) is 13.0 Å². The molecule has 1 N–H and O–H groups in total. The van der Waals surface area contributed by atoms with Crippen LogP contribution in [0.25, 0.3) is 0 Å². The van der Waals surface area contributed by atoms with E-state index in [1.807, 2.05) is 6.92 Å². The fraction of sp³-hybridized carbons (Fsp3) is 0.375. The first kappa shape index (κ1) is 9.44. The van der Waals surface area contributed by atoms with Crippen LogP contribution in [0, 0.1) is 0 Å². The van der Waals surface area contributed by atoms with Crippen LogP contribution >= 0.6 is 0 Å². The molecule has 1 aromatic heterocycles. The van der Waals surface area contributed by atoms with Gasteiger partial charge < -0.3 is 10.0 Å². The van der Waals surface area contributed by atoms with E-state index in [0.717, 1.165) is 0 Å². The highest BCUT2D eigenvalue weighted by Gasteiger charge is 2.08. The summed E-state index contributed by atoms with van der Waals surface area (Å²) in [7, 11) is 0. The van der Waals surface area contributed by atoms with Crippen molar-refractivity contribution in [2.45, 2.75) is 6.92 Å². The summed E-state index contributed by atoms with van der Waals surface area (Å²) < 4.78 is 0. The van der Waals surface area contributed by atoms with Crippen molar-refractivity contribution >= 4 is 11.8 Å². The van der Waals surface area contributed by atoms with E-state index in [1.165, 1.54) is 6.33 Å². The van der Waals surface area contributed by atoms with Crippen LogP contribution in [0.2, 0.25) is 0 Å². The fourth-order valence-corrected chi connectivity index (χ4v) is 0.989. The Balaban J connectivity index is 2.73. The third-order valence-corrected chi connectivity index (χ3v) is 1.60. The molecule has 0 amide bonds. The first-order chi connectivity index (χ1) is 6.24. The highest BCUT2D eigenvalue weighted by Crippen LogP contribution is 2.06. The maximum atomic E-state index is 10.5. The summed E-state index contributed by atoms with van der Waals surface area (Å²) in [6.45, 7) is 2.46. The van der Waals surface area contributed by atoms with Crippen molar-refractivity contribution < 1.29 is 9.90 Å². The number of anilines is 1. The molecule has 0 bridgehead atoms. The van der Waals surface area contributed by atoms with Crippen molar-refractivity contribution in [1.82, 2.24) is 9.97 Å². The van der Waals surface area contributed by atoms with E-state index in [4.69, 9.17) is 5.11 Å². The van der Waals surface area contributed by atoms with Gasteiger partial charge in [-0.25, -0.2) is 9.97 Å². The van der Waals surface area contributed by atoms with E-state index in [-0.39, 0.29) is 6.54 Å². The molecule has 0 aromatic carbocycles. The van der Waals surface area contributed by atoms with E-state index >= 15 is 0 Å². The molecule has 0 unspecified atom stereocenters. The number of nitrogens with zero attached hydrogens (tertiary/aromatic N) is 3. The average molecular weight is 181 g/mol. The summed E-state index contributed by atoms with van der Waals surface area (Å²) in [5.41, 5.74) is 0. The summed E-state index contributed by atoms with van der Waals surface area (Å²) in [5, 5.41) is 8.59. The Labute approximate surface area is 76.0 Å². The van der Waals surface area contributed by atoms with Crippen molar-refractivity contribution in [1.29, 1.82) is 0 Å².